The number of hydrogen-bond acceptors (Lipinski definition) is 2. The predicted molar refractivity (Wildman–Crippen MR) is 59.8 cm³/mol. The molecule has 0 aromatic heterocycles. The quantitative estimate of drug-likeness (QED) is 0.790. The third kappa shape index (κ3) is 3.36. The summed E-state index contributed by atoms with van der Waals surface area (Å²) in [6, 6.07) is 7.11. The van der Waals surface area contributed by atoms with Gasteiger partial charge in [0.05, 0.1) is 0 Å². The van der Waals surface area contributed by atoms with Gasteiger partial charge in [-0.15, -0.1) is 0 Å². The molecule has 0 aliphatic heterocycles. The van der Waals surface area contributed by atoms with Crippen LogP contribution in [0.25, 0.3) is 0 Å². The Kier molecular flexibility index (Phi) is 3.86. The van der Waals surface area contributed by atoms with Gasteiger partial charge in [-0.25, -0.2) is 0 Å². The second kappa shape index (κ2) is 4.94. The van der Waals surface area contributed by atoms with Gasteiger partial charge >= 0.3 is 5.97 Å². The first kappa shape index (κ1) is 11.7. The molecule has 0 fully saturated rings. The summed E-state index contributed by atoms with van der Waals surface area (Å²) in [6.45, 7) is 4.21. The van der Waals surface area contributed by atoms with Gasteiger partial charge in [-0.1, -0.05) is 38.1 Å². The topological polar surface area (TPSA) is 63.3 Å². The molecule has 3 heteroatoms. The van der Waals surface area contributed by atoms with Crippen LogP contribution in [0, 0.1) is 0 Å². The maximum absolute atomic E-state index is 10.6. The fourth-order valence-electron chi connectivity index (χ4n) is 1.42. The van der Waals surface area contributed by atoms with Crippen molar-refractivity contribution < 1.29 is 9.90 Å². The summed E-state index contributed by atoms with van der Waals surface area (Å²) in [5.74, 6) is -0.504. The number of carbonyl (C=O) groups is 1. The van der Waals surface area contributed by atoms with Crippen molar-refractivity contribution in [1.82, 2.24) is 0 Å². The minimum atomic E-state index is -0.954. The third-order valence-electron chi connectivity index (χ3n) is 2.39. The van der Waals surface area contributed by atoms with Crippen LogP contribution in [0.2, 0.25) is 0 Å². The minimum absolute atomic E-state index is 0.385. The van der Waals surface area contributed by atoms with E-state index in [-0.39, 0.29) is 0 Å². The highest BCUT2D eigenvalue weighted by atomic mass is 16.4. The molecule has 0 heterocycles. The summed E-state index contributed by atoms with van der Waals surface area (Å²) >= 11 is 0. The van der Waals surface area contributed by atoms with Crippen LogP contribution in [0.3, 0.4) is 0 Å². The Hall–Kier alpha value is -1.35. The van der Waals surface area contributed by atoms with Crippen molar-refractivity contribution in [1.29, 1.82) is 0 Å². The highest BCUT2D eigenvalue weighted by Gasteiger charge is 2.12. The Balaban J connectivity index is 2.78. The van der Waals surface area contributed by atoms with Gasteiger partial charge in [-0.05, 0) is 23.5 Å². The van der Waals surface area contributed by atoms with Gasteiger partial charge in [-0.2, -0.15) is 0 Å². The molecule has 3 N–H and O–H groups in total. The molecule has 1 unspecified atom stereocenters. The molecule has 3 nitrogen and oxygen atoms in total. The third-order valence-corrected chi connectivity index (χ3v) is 2.39. The van der Waals surface area contributed by atoms with Crippen molar-refractivity contribution in [2.45, 2.75) is 32.2 Å². The Bertz CT molecular complexity index is 347. The molecule has 0 radical (unpaired) electrons. The molecule has 1 aromatic rings. The summed E-state index contributed by atoms with van der Waals surface area (Å²) in [5.41, 5.74) is 7.67. The number of nitrogens with two attached hydrogens (primary N) is 1. The molecule has 1 atom stereocenters. The lowest BCUT2D eigenvalue weighted by Gasteiger charge is -2.10. The van der Waals surface area contributed by atoms with E-state index < -0.39 is 12.0 Å². The van der Waals surface area contributed by atoms with Crippen LogP contribution in [-0.4, -0.2) is 17.1 Å². The second-order valence-electron chi connectivity index (χ2n) is 4.05. The van der Waals surface area contributed by atoms with Gasteiger partial charge in [-0.3, -0.25) is 4.79 Å². The lowest BCUT2D eigenvalue weighted by atomic mass is 9.98. The zero-order chi connectivity index (χ0) is 11.4. The summed E-state index contributed by atoms with van der Waals surface area (Å²) in [6.07, 6.45) is 0.385. The second-order valence-corrected chi connectivity index (χ2v) is 4.05. The molecular formula is C12H17NO2. The zero-order valence-electron chi connectivity index (χ0n) is 9.10. The van der Waals surface area contributed by atoms with Crippen molar-refractivity contribution in [2.24, 2.45) is 5.73 Å². The highest BCUT2D eigenvalue weighted by molar-refractivity contribution is 5.73. The number of carboxylic acid groups (broad SMARTS) is 1. The Morgan fingerprint density at radius 3 is 2.67 bits per heavy atom. The lowest BCUT2D eigenvalue weighted by molar-refractivity contribution is -0.138. The van der Waals surface area contributed by atoms with Gasteiger partial charge < -0.3 is 10.8 Å². The number of aliphatic carboxylic acids is 1. The fraction of sp³-hybridized carbons (Fsp3) is 0.417. The van der Waals surface area contributed by atoms with E-state index in [0.717, 1.165) is 5.56 Å². The molecule has 0 bridgehead atoms. The molecule has 0 saturated carbocycles. The van der Waals surface area contributed by atoms with E-state index in [4.69, 9.17) is 10.8 Å². The van der Waals surface area contributed by atoms with Crippen LogP contribution in [0.4, 0.5) is 0 Å². The largest absolute Gasteiger partial charge is 0.480 e. The van der Waals surface area contributed by atoms with E-state index in [0.29, 0.717) is 12.3 Å². The van der Waals surface area contributed by atoms with Crippen molar-refractivity contribution >= 4 is 5.97 Å². The SMILES string of the molecule is CC(C)c1cccc(CC(N)C(=O)O)c1. The van der Waals surface area contributed by atoms with Crippen LogP contribution in [0.15, 0.2) is 24.3 Å². The molecule has 15 heavy (non-hydrogen) atoms. The molecule has 0 aliphatic carbocycles. The van der Waals surface area contributed by atoms with Gasteiger partial charge in [0.1, 0.15) is 6.04 Å². The predicted octanol–water partition coefficient (Wildman–Crippen LogP) is 1.76. The van der Waals surface area contributed by atoms with E-state index in [2.05, 4.69) is 13.8 Å². The van der Waals surface area contributed by atoms with Gasteiger partial charge in [0.25, 0.3) is 0 Å². The Morgan fingerprint density at radius 1 is 1.47 bits per heavy atom. The standard InChI is InChI=1S/C12H17NO2/c1-8(2)10-5-3-4-9(6-10)7-11(13)12(14)15/h3-6,8,11H,7,13H2,1-2H3,(H,14,15). The number of rotatable bonds is 4. The molecular weight excluding hydrogens is 190 g/mol. The van der Waals surface area contributed by atoms with Crippen LogP contribution < -0.4 is 5.73 Å². The summed E-state index contributed by atoms with van der Waals surface area (Å²) in [7, 11) is 0. The zero-order valence-corrected chi connectivity index (χ0v) is 9.10. The van der Waals surface area contributed by atoms with Crippen LogP contribution in [0.5, 0.6) is 0 Å². The number of hydrogen-bond donors (Lipinski definition) is 2. The van der Waals surface area contributed by atoms with Crippen molar-refractivity contribution in [3.63, 3.8) is 0 Å². The molecule has 0 aliphatic rings. The Morgan fingerprint density at radius 2 is 2.13 bits per heavy atom. The summed E-state index contributed by atoms with van der Waals surface area (Å²) < 4.78 is 0. The molecule has 0 spiro atoms. The average Bonchev–Trinajstić information content (AvgIpc) is 2.18. The van der Waals surface area contributed by atoms with Crippen LogP contribution >= 0.6 is 0 Å². The van der Waals surface area contributed by atoms with Crippen molar-refractivity contribution in [3.8, 4) is 0 Å². The first-order valence-corrected chi connectivity index (χ1v) is 5.08. The monoisotopic (exact) mass is 207 g/mol. The molecule has 82 valence electrons. The number of benzene rings is 1. The van der Waals surface area contributed by atoms with E-state index in [1.165, 1.54) is 5.56 Å². The van der Waals surface area contributed by atoms with E-state index >= 15 is 0 Å². The summed E-state index contributed by atoms with van der Waals surface area (Å²) in [5, 5.41) is 8.70. The molecule has 0 saturated heterocycles. The van der Waals surface area contributed by atoms with Crippen LogP contribution in [-0.2, 0) is 11.2 Å². The van der Waals surface area contributed by atoms with E-state index in [1.54, 1.807) is 0 Å². The van der Waals surface area contributed by atoms with Gasteiger partial charge in [0.2, 0.25) is 0 Å². The molecule has 0 amide bonds. The minimum Gasteiger partial charge on any atom is -0.480 e. The lowest BCUT2D eigenvalue weighted by Crippen LogP contribution is -2.32. The highest BCUT2D eigenvalue weighted by Crippen LogP contribution is 2.16. The smallest absolute Gasteiger partial charge is 0.320 e. The maximum Gasteiger partial charge on any atom is 0.320 e. The van der Waals surface area contributed by atoms with E-state index in [9.17, 15) is 4.79 Å². The van der Waals surface area contributed by atoms with Gasteiger partial charge in [0.15, 0.2) is 0 Å². The first-order valence-electron chi connectivity index (χ1n) is 5.08. The first-order chi connectivity index (χ1) is 7.00. The average molecular weight is 207 g/mol. The molecule has 1 aromatic carbocycles. The maximum atomic E-state index is 10.6. The molecule has 1 rings (SSSR count). The fourth-order valence-corrected chi connectivity index (χ4v) is 1.42. The Labute approximate surface area is 89.9 Å². The van der Waals surface area contributed by atoms with Crippen molar-refractivity contribution in [3.05, 3.63) is 35.4 Å². The van der Waals surface area contributed by atoms with Gasteiger partial charge in [0, 0.05) is 0 Å². The normalized spacial score (nSPS) is 12.8. The summed E-state index contributed by atoms with van der Waals surface area (Å²) in [4.78, 5) is 10.6. The number of carboxylic acids is 1. The van der Waals surface area contributed by atoms with Crippen LogP contribution in [0.1, 0.15) is 30.9 Å². The van der Waals surface area contributed by atoms with Crippen molar-refractivity contribution in [2.75, 3.05) is 0 Å². The van der Waals surface area contributed by atoms with E-state index in [1.807, 2.05) is 24.3 Å².